The van der Waals surface area contributed by atoms with Crippen LogP contribution in [0.4, 0.5) is 18.0 Å². The van der Waals surface area contributed by atoms with Gasteiger partial charge in [-0.15, -0.1) is 0 Å². The summed E-state index contributed by atoms with van der Waals surface area (Å²) in [5, 5.41) is 13.4. The van der Waals surface area contributed by atoms with Gasteiger partial charge in [0.2, 0.25) is 5.91 Å². The van der Waals surface area contributed by atoms with Crippen LogP contribution < -0.4 is 10.6 Å². The largest absolute Gasteiger partial charge is 0.481 e. The number of carbonyl (C=O) groups excluding carboxylic acids is 2. The Morgan fingerprint density at radius 1 is 1.00 bits per heavy atom. The van der Waals surface area contributed by atoms with Crippen LogP contribution in [0.5, 0.6) is 0 Å². The molecule has 2 aromatic carbocycles. The fraction of sp³-hybridized carbons (Fsp3) is 0.375. The summed E-state index contributed by atoms with van der Waals surface area (Å²) in [5.74, 6) is -2.35. The van der Waals surface area contributed by atoms with E-state index in [0.717, 1.165) is 22.3 Å². The first-order valence-corrected chi connectivity index (χ1v) is 10.8. The van der Waals surface area contributed by atoms with Crippen LogP contribution in [0.25, 0.3) is 11.1 Å². The Morgan fingerprint density at radius 2 is 1.56 bits per heavy atom. The van der Waals surface area contributed by atoms with Crippen molar-refractivity contribution in [3.05, 3.63) is 59.7 Å². The fourth-order valence-electron chi connectivity index (χ4n) is 4.06. The normalized spacial score (nSPS) is 14.5. The molecule has 0 saturated carbocycles. The third kappa shape index (κ3) is 6.49. The van der Waals surface area contributed by atoms with E-state index in [1.807, 2.05) is 48.5 Å². The average molecular weight is 478 g/mol. The Bertz CT molecular complexity index is 1010. The molecule has 34 heavy (non-hydrogen) atoms. The Balaban J connectivity index is 1.64. The number of alkyl halides is 3. The van der Waals surface area contributed by atoms with Gasteiger partial charge < -0.3 is 20.5 Å². The van der Waals surface area contributed by atoms with Gasteiger partial charge in [0.05, 0.1) is 6.42 Å². The van der Waals surface area contributed by atoms with Gasteiger partial charge in [0.1, 0.15) is 12.6 Å². The molecule has 0 saturated heterocycles. The molecule has 0 fully saturated rings. The highest BCUT2D eigenvalue weighted by Crippen LogP contribution is 2.44. The summed E-state index contributed by atoms with van der Waals surface area (Å²) < 4.78 is 43.0. The van der Waals surface area contributed by atoms with Gasteiger partial charge in [-0.25, -0.2) is 4.79 Å². The zero-order valence-electron chi connectivity index (χ0n) is 18.4. The molecular weight excluding hydrogens is 453 g/mol. The Hall–Kier alpha value is -3.56. The minimum atomic E-state index is -4.48. The number of amides is 2. The van der Waals surface area contributed by atoms with Crippen LogP contribution in [0.2, 0.25) is 0 Å². The summed E-state index contributed by atoms with van der Waals surface area (Å²) in [6.45, 7) is 1.14. The second-order valence-electron chi connectivity index (χ2n) is 8.18. The maximum Gasteiger partial charge on any atom is 0.407 e. The summed E-state index contributed by atoms with van der Waals surface area (Å²) in [6, 6.07) is 12.8. The van der Waals surface area contributed by atoms with E-state index in [9.17, 15) is 27.6 Å². The van der Waals surface area contributed by atoms with Crippen molar-refractivity contribution in [1.29, 1.82) is 0 Å². The highest BCUT2D eigenvalue weighted by molar-refractivity contribution is 5.86. The van der Waals surface area contributed by atoms with E-state index in [-0.39, 0.29) is 18.9 Å². The van der Waals surface area contributed by atoms with E-state index in [0.29, 0.717) is 0 Å². The quantitative estimate of drug-likeness (QED) is 0.501. The molecule has 0 spiro atoms. The number of hydrogen-bond acceptors (Lipinski definition) is 4. The number of hydrogen-bond donors (Lipinski definition) is 3. The second kappa shape index (κ2) is 10.6. The average Bonchev–Trinajstić information content (AvgIpc) is 3.07. The highest BCUT2D eigenvalue weighted by Gasteiger charge is 2.33. The first kappa shape index (κ1) is 25.1. The van der Waals surface area contributed by atoms with Crippen molar-refractivity contribution in [3.63, 3.8) is 0 Å². The van der Waals surface area contributed by atoms with Crippen LogP contribution in [0.1, 0.15) is 43.2 Å². The number of halogens is 3. The molecule has 10 heteroatoms. The molecule has 3 N–H and O–H groups in total. The van der Waals surface area contributed by atoms with Crippen LogP contribution in [-0.2, 0) is 14.3 Å². The van der Waals surface area contributed by atoms with Gasteiger partial charge in [-0.2, -0.15) is 13.2 Å². The third-order valence-electron chi connectivity index (χ3n) is 5.53. The highest BCUT2D eigenvalue weighted by atomic mass is 19.4. The molecule has 182 valence electrons. The van der Waals surface area contributed by atoms with Crippen molar-refractivity contribution in [2.45, 2.75) is 50.4 Å². The predicted molar refractivity (Wildman–Crippen MR) is 117 cm³/mol. The third-order valence-corrected chi connectivity index (χ3v) is 5.53. The standard InChI is InChI=1S/C24H25F3N2O5/c1-14(12-24(25,26)27)28-22(32)20(10-11-21(30)31)29-23(33)34-13-19-17-8-4-2-6-15(17)16-7-3-5-9-18(16)19/h2-9,14,19-20H,10-13H2,1H3,(H,28,32)(H,29,33)(H,30,31). The molecule has 2 atom stereocenters. The zero-order chi connectivity index (χ0) is 24.9. The minimum absolute atomic E-state index is 0.0302. The molecule has 2 aromatic rings. The van der Waals surface area contributed by atoms with Crippen molar-refractivity contribution in [2.75, 3.05) is 6.61 Å². The Kier molecular flexibility index (Phi) is 7.80. The first-order chi connectivity index (χ1) is 16.0. The molecule has 0 bridgehead atoms. The molecule has 0 aromatic heterocycles. The summed E-state index contributed by atoms with van der Waals surface area (Å²) in [7, 11) is 0. The summed E-state index contributed by atoms with van der Waals surface area (Å²) in [4.78, 5) is 35.8. The lowest BCUT2D eigenvalue weighted by Crippen LogP contribution is -2.50. The van der Waals surface area contributed by atoms with Gasteiger partial charge in [-0.05, 0) is 35.6 Å². The maximum atomic E-state index is 12.6. The molecule has 2 amide bonds. The SMILES string of the molecule is CC(CC(F)(F)F)NC(=O)C(CCC(=O)O)NC(=O)OCC1c2ccccc2-c2ccccc21. The summed E-state index contributed by atoms with van der Waals surface area (Å²) in [6.07, 6.45) is -7.46. The topological polar surface area (TPSA) is 105 Å². The molecule has 0 radical (unpaired) electrons. The molecule has 1 aliphatic carbocycles. The van der Waals surface area contributed by atoms with Crippen LogP contribution in [-0.4, -0.2) is 47.9 Å². The summed E-state index contributed by atoms with van der Waals surface area (Å²) in [5.41, 5.74) is 4.03. The predicted octanol–water partition coefficient (Wildman–Crippen LogP) is 4.22. The lowest BCUT2D eigenvalue weighted by Gasteiger charge is -2.22. The van der Waals surface area contributed by atoms with Gasteiger partial charge >= 0.3 is 18.2 Å². The zero-order valence-corrected chi connectivity index (χ0v) is 18.4. The van der Waals surface area contributed by atoms with E-state index < -0.39 is 49.1 Å². The number of fused-ring (bicyclic) bond motifs is 3. The molecule has 1 aliphatic rings. The number of alkyl carbamates (subject to hydrolysis) is 1. The van der Waals surface area contributed by atoms with E-state index in [1.54, 1.807) is 0 Å². The lowest BCUT2D eigenvalue weighted by atomic mass is 9.98. The number of ether oxygens (including phenoxy) is 1. The molecule has 3 rings (SSSR count). The van der Waals surface area contributed by atoms with Gasteiger partial charge in [-0.3, -0.25) is 9.59 Å². The number of carboxylic acids is 1. The van der Waals surface area contributed by atoms with Gasteiger partial charge in [0.25, 0.3) is 0 Å². The monoisotopic (exact) mass is 478 g/mol. The smallest absolute Gasteiger partial charge is 0.407 e. The molecule has 7 nitrogen and oxygen atoms in total. The Morgan fingerprint density at radius 3 is 2.09 bits per heavy atom. The number of benzene rings is 2. The maximum absolute atomic E-state index is 12.6. The number of rotatable bonds is 9. The van der Waals surface area contributed by atoms with Crippen LogP contribution >= 0.6 is 0 Å². The van der Waals surface area contributed by atoms with Crippen molar-refractivity contribution in [2.24, 2.45) is 0 Å². The van der Waals surface area contributed by atoms with Gasteiger partial charge in [0, 0.05) is 18.4 Å². The van der Waals surface area contributed by atoms with Crippen LogP contribution in [0, 0.1) is 0 Å². The molecule has 0 aliphatic heterocycles. The van der Waals surface area contributed by atoms with E-state index in [1.165, 1.54) is 6.92 Å². The number of carboxylic acid groups (broad SMARTS) is 1. The second-order valence-corrected chi connectivity index (χ2v) is 8.18. The lowest BCUT2D eigenvalue weighted by molar-refractivity contribution is -0.141. The van der Waals surface area contributed by atoms with Crippen LogP contribution in [0.3, 0.4) is 0 Å². The van der Waals surface area contributed by atoms with Gasteiger partial charge in [-0.1, -0.05) is 48.5 Å². The van der Waals surface area contributed by atoms with E-state index >= 15 is 0 Å². The first-order valence-electron chi connectivity index (χ1n) is 10.8. The number of carbonyl (C=O) groups is 3. The summed E-state index contributed by atoms with van der Waals surface area (Å²) >= 11 is 0. The Labute approximate surface area is 194 Å². The van der Waals surface area contributed by atoms with E-state index in [4.69, 9.17) is 9.84 Å². The van der Waals surface area contributed by atoms with Crippen LogP contribution in [0.15, 0.2) is 48.5 Å². The molecule has 0 heterocycles. The fourth-order valence-corrected chi connectivity index (χ4v) is 4.06. The molecular formula is C24H25F3N2O5. The van der Waals surface area contributed by atoms with Crippen molar-refractivity contribution in [3.8, 4) is 11.1 Å². The van der Waals surface area contributed by atoms with Crippen molar-refractivity contribution < 1.29 is 37.4 Å². The number of nitrogens with one attached hydrogen (secondary N) is 2. The van der Waals surface area contributed by atoms with Crippen molar-refractivity contribution in [1.82, 2.24) is 10.6 Å². The molecule has 2 unspecified atom stereocenters. The van der Waals surface area contributed by atoms with Crippen molar-refractivity contribution >= 4 is 18.0 Å². The van der Waals surface area contributed by atoms with E-state index in [2.05, 4.69) is 10.6 Å². The minimum Gasteiger partial charge on any atom is -0.481 e. The van der Waals surface area contributed by atoms with Gasteiger partial charge in [0.15, 0.2) is 0 Å². The number of aliphatic carboxylic acids is 1.